The SMILES string of the molecule is CC12CCC(C1)C(C)(C)C2Nc1ccc2ccccc2n1. The molecule has 2 heteroatoms. The lowest BCUT2D eigenvalue weighted by Crippen LogP contribution is -2.45. The third-order valence-electron chi connectivity index (χ3n) is 6.16. The predicted octanol–water partition coefficient (Wildman–Crippen LogP) is 4.86. The maximum Gasteiger partial charge on any atom is 0.126 e. The lowest BCUT2D eigenvalue weighted by molar-refractivity contribution is 0.155. The lowest BCUT2D eigenvalue weighted by Gasteiger charge is -2.43. The minimum atomic E-state index is 0.361. The zero-order chi connectivity index (χ0) is 14.7. The molecule has 4 rings (SSSR count). The standard InChI is InChI=1S/C19H24N2/c1-18(2)14-10-11-19(3,12-14)17(18)21-16-9-8-13-6-4-5-7-15(13)20-16/h4-9,14,17H,10-12H2,1-3H3,(H,20,21). The first-order valence-electron chi connectivity index (χ1n) is 8.11. The Bertz CT molecular complexity index is 686. The molecule has 1 heterocycles. The van der Waals surface area contributed by atoms with Crippen LogP contribution in [0.1, 0.15) is 40.0 Å². The molecule has 2 aliphatic carbocycles. The molecule has 1 aromatic carbocycles. The van der Waals surface area contributed by atoms with Crippen molar-refractivity contribution < 1.29 is 0 Å². The first kappa shape index (κ1) is 13.1. The third-order valence-corrected chi connectivity index (χ3v) is 6.16. The van der Waals surface area contributed by atoms with Crippen molar-refractivity contribution in [3.05, 3.63) is 36.4 Å². The van der Waals surface area contributed by atoms with Gasteiger partial charge in [0, 0.05) is 11.4 Å². The fourth-order valence-corrected chi connectivity index (χ4v) is 4.96. The number of pyridine rings is 1. The number of aromatic nitrogens is 1. The van der Waals surface area contributed by atoms with Gasteiger partial charge in [0.25, 0.3) is 0 Å². The zero-order valence-electron chi connectivity index (χ0n) is 13.2. The molecule has 110 valence electrons. The van der Waals surface area contributed by atoms with Crippen molar-refractivity contribution in [3.8, 4) is 0 Å². The van der Waals surface area contributed by atoms with Gasteiger partial charge in [-0.25, -0.2) is 4.98 Å². The van der Waals surface area contributed by atoms with Crippen molar-refractivity contribution in [3.63, 3.8) is 0 Å². The summed E-state index contributed by atoms with van der Waals surface area (Å²) in [6.45, 7) is 7.32. The molecule has 2 bridgehead atoms. The molecule has 3 atom stereocenters. The second-order valence-electron chi connectivity index (χ2n) is 7.88. The number of benzene rings is 1. The van der Waals surface area contributed by atoms with Crippen molar-refractivity contribution in [2.45, 2.75) is 46.1 Å². The van der Waals surface area contributed by atoms with Crippen LogP contribution in [0.4, 0.5) is 5.82 Å². The van der Waals surface area contributed by atoms with Crippen LogP contribution >= 0.6 is 0 Å². The van der Waals surface area contributed by atoms with E-state index in [-0.39, 0.29) is 0 Å². The molecule has 2 aliphatic rings. The summed E-state index contributed by atoms with van der Waals surface area (Å²) in [6.07, 6.45) is 4.12. The first-order chi connectivity index (χ1) is 9.99. The average Bonchev–Trinajstić information content (AvgIpc) is 2.95. The molecule has 0 amide bonds. The van der Waals surface area contributed by atoms with Crippen molar-refractivity contribution >= 4 is 16.7 Å². The van der Waals surface area contributed by atoms with Gasteiger partial charge in [0.15, 0.2) is 0 Å². The Hall–Kier alpha value is -1.57. The van der Waals surface area contributed by atoms with Crippen molar-refractivity contribution in [2.24, 2.45) is 16.7 Å². The highest BCUT2D eigenvalue weighted by Crippen LogP contribution is 2.63. The van der Waals surface area contributed by atoms with Gasteiger partial charge in [-0.15, -0.1) is 0 Å². The summed E-state index contributed by atoms with van der Waals surface area (Å²) in [5, 5.41) is 4.99. The highest BCUT2D eigenvalue weighted by molar-refractivity contribution is 5.80. The number of hydrogen-bond donors (Lipinski definition) is 1. The number of anilines is 1. The summed E-state index contributed by atoms with van der Waals surface area (Å²) < 4.78 is 0. The average molecular weight is 280 g/mol. The van der Waals surface area contributed by atoms with Crippen LogP contribution in [0.2, 0.25) is 0 Å². The van der Waals surface area contributed by atoms with E-state index >= 15 is 0 Å². The van der Waals surface area contributed by atoms with Crippen molar-refractivity contribution in [1.82, 2.24) is 4.98 Å². The lowest BCUT2D eigenvalue weighted by atomic mass is 9.68. The molecule has 21 heavy (non-hydrogen) atoms. The molecule has 0 saturated heterocycles. The van der Waals surface area contributed by atoms with Crippen LogP contribution in [0.25, 0.3) is 10.9 Å². The van der Waals surface area contributed by atoms with E-state index in [1.165, 1.54) is 24.6 Å². The number of rotatable bonds is 2. The van der Waals surface area contributed by atoms with Gasteiger partial charge >= 0.3 is 0 Å². The molecule has 0 aliphatic heterocycles. The van der Waals surface area contributed by atoms with E-state index in [0.717, 1.165) is 17.3 Å². The summed E-state index contributed by atoms with van der Waals surface area (Å²) in [6, 6.07) is 13.2. The number of fused-ring (bicyclic) bond motifs is 3. The van der Waals surface area contributed by atoms with E-state index in [0.29, 0.717) is 16.9 Å². The fraction of sp³-hybridized carbons (Fsp3) is 0.526. The third kappa shape index (κ3) is 1.88. The van der Waals surface area contributed by atoms with Crippen molar-refractivity contribution in [1.29, 1.82) is 0 Å². The molecule has 3 unspecified atom stereocenters. The number of para-hydroxylation sites is 1. The molecule has 2 nitrogen and oxygen atoms in total. The van der Waals surface area contributed by atoms with E-state index in [9.17, 15) is 0 Å². The van der Waals surface area contributed by atoms with Gasteiger partial charge in [0.1, 0.15) is 5.82 Å². The number of nitrogens with zero attached hydrogens (tertiary/aromatic N) is 1. The molecule has 1 N–H and O–H groups in total. The topological polar surface area (TPSA) is 24.9 Å². The Labute approximate surface area is 127 Å². The van der Waals surface area contributed by atoms with E-state index in [2.05, 4.69) is 62.5 Å². The van der Waals surface area contributed by atoms with Crippen LogP contribution in [-0.2, 0) is 0 Å². The monoisotopic (exact) mass is 280 g/mol. The van der Waals surface area contributed by atoms with Gasteiger partial charge in [-0.2, -0.15) is 0 Å². The predicted molar refractivity (Wildman–Crippen MR) is 88.4 cm³/mol. The van der Waals surface area contributed by atoms with Crippen LogP contribution in [-0.4, -0.2) is 11.0 Å². The molecule has 2 fully saturated rings. The highest BCUT2D eigenvalue weighted by Gasteiger charge is 2.59. The van der Waals surface area contributed by atoms with E-state index < -0.39 is 0 Å². The zero-order valence-corrected chi connectivity index (χ0v) is 13.2. The van der Waals surface area contributed by atoms with Crippen LogP contribution in [0, 0.1) is 16.7 Å². The molecule has 1 aromatic heterocycles. The largest absolute Gasteiger partial charge is 0.366 e. The van der Waals surface area contributed by atoms with Gasteiger partial charge in [0.05, 0.1) is 5.52 Å². The maximum absolute atomic E-state index is 4.81. The second kappa shape index (κ2) is 4.22. The van der Waals surface area contributed by atoms with E-state index in [1.807, 2.05) is 0 Å². The molecular weight excluding hydrogens is 256 g/mol. The fourth-order valence-electron chi connectivity index (χ4n) is 4.96. The molecular formula is C19H24N2. The van der Waals surface area contributed by atoms with Crippen LogP contribution < -0.4 is 5.32 Å². The Kier molecular flexibility index (Phi) is 2.64. The first-order valence-corrected chi connectivity index (χ1v) is 8.11. The Morgan fingerprint density at radius 1 is 1.10 bits per heavy atom. The number of hydrogen-bond acceptors (Lipinski definition) is 2. The highest BCUT2D eigenvalue weighted by atomic mass is 15.1. The second-order valence-corrected chi connectivity index (χ2v) is 7.88. The van der Waals surface area contributed by atoms with Crippen LogP contribution in [0.15, 0.2) is 36.4 Å². The molecule has 0 spiro atoms. The van der Waals surface area contributed by atoms with Gasteiger partial charge in [-0.3, -0.25) is 0 Å². The quantitative estimate of drug-likeness (QED) is 0.849. The van der Waals surface area contributed by atoms with Gasteiger partial charge in [-0.1, -0.05) is 39.0 Å². The summed E-state index contributed by atoms with van der Waals surface area (Å²) in [4.78, 5) is 4.81. The van der Waals surface area contributed by atoms with Gasteiger partial charge in [0.2, 0.25) is 0 Å². The van der Waals surface area contributed by atoms with E-state index in [1.54, 1.807) is 0 Å². The van der Waals surface area contributed by atoms with Crippen LogP contribution in [0.3, 0.4) is 0 Å². The Morgan fingerprint density at radius 3 is 2.67 bits per heavy atom. The summed E-state index contributed by atoms with van der Waals surface area (Å²) >= 11 is 0. The Morgan fingerprint density at radius 2 is 1.90 bits per heavy atom. The van der Waals surface area contributed by atoms with E-state index in [4.69, 9.17) is 4.98 Å². The van der Waals surface area contributed by atoms with Crippen LogP contribution in [0.5, 0.6) is 0 Å². The van der Waals surface area contributed by atoms with Crippen molar-refractivity contribution in [2.75, 3.05) is 5.32 Å². The smallest absolute Gasteiger partial charge is 0.126 e. The summed E-state index contributed by atoms with van der Waals surface area (Å²) in [5.74, 6) is 1.89. The van der Waals surface area contributed by atoms with Gasteiger partial charge < -0.3 is 5.32 Å². The maximum atomic E-state index is 4.81. The minimum Gasteiger partial charge on any atom is -0.366 e. The molecule has 0 radical (unpaired) electrons. The molecule has 2 saturated carbocycles. The summed E-state index contributed by atoms with van der Waals surface area (Å²) in [5.41, 5.74) is 1.87. The van der Waals surface area contributed by atoms with Gasteiger partial charge in [-0.05, 0) is 54.2 Å². The number of nitrogens with one attached hydrogen (secondary N) is 1. The Balaban J connectivity index is 1.68. The summed E-state index contributed by atoms with van der Waals surface area (Å²) in [7, 11) is 0. The normalized spacial score (nSPS) is 33.5. The molecule has 2 aromatic rings. The minimum absolute atomic E-state index is 0.361.